The number of aliphatic hydroxyl groups is 1. The first-order valence-electron chi connectivity index (χ1n) is 13.8. The summed E-state index contributed by atoms with van der Waals surface area (Å²) in [5.41, 5.74) is 2.86. The van der Waals surface area contributed by atoms with E-state index in [0.717, 1.165) is 17.5 Å². The van der Waals surface area contributed by atoms with E-state index in [9.17, 15) is 9.90 Å². The van der Waals surface area contributed by atoms with Crippen LogP contribution in [-0.4, -0.2) is 36.1 Å². The lowest BCUT2D eigenvalue weighted by atomic mass is 9.52. The van der Waals surface area contributed by atoms with Gasteiger partial charge in [-0.1, -0.05) is 109 Å². The second-order valence-corrected chi connectivity index (χ2v) is 11.0. The van der Waals surface area contributed by atoms with Gasteiger partial charge >= 0.3 is 0 Å². The molecule has 1 amide bonds. The highest BCUT2D eigenvalue weighted by molar-refractivity contribution is 5.79. The van der Waals surface area contributed by atoms with Crippen molar-refractivity contribution in [3.05, 3.63) is 138 Å². The van der Waals surface area contributed by atoms with Crippen LogP contribution in [0.15, 0.2) is 115 Å². The summed E-state index contributed by atoms with van der Waals surface area (Å²) in [6, 6.07) is 39.1. The third-order valence-electron chi connectivity index (χ3n) is 9.17. The van der Waals surface area contributed by atoms with Crippen LogP contribution in [0.4, 0.5) is 0 Å². The number of amides is 1. The summed E-state index contributed by atoms with van der Waals surface area (Å²) in [4.78, 5) is 15.7. The molecule has 2 fully saturated rings. The Balaban J connectivity index is 1.48. The number of methoxy groups -OCH3 is 1. The largest absolute Gasteiger partial charge is 0.496 e. The van der Waals surface area contributed by atoms with Crippen molar-refractivity contribution >= 4 is 5.91 Å². The minimum atomic E-state index is -1.12. The van der Waals surface area contributed by atoms with Gasteiger partial charge in [-0.3, -0.25) is 4.79 Å². The molecule has 39 heavy (non-hydrogen) atoms. The molecule has 0 aromatic heterocycles. The Morgan fingerprint density at radius 3 is 1.92 bits per heavy atom. The first-order chi connectivity index (χ1) is 19.1. The summed E-state index contributed by atoms with van der Waals surface area (Å²) < 4.78 is 5.75. The third-order valence-corrected chi connectivity index (χ3v) is 9.17. The van der Waals surface area contributed by atoms with E-state index in [0.29, 0.717) is 31.7 Å². The number of hydrogen-bond acceptors (Lipinski definition) is 3. The smallest absolute Gasteiger partial charge is 0.227 e. The van der Waals surface area contributed by atoms with Crippen LogP contribution in [0.3, 0.4) is 0 Å². The van der Waals surface area contributed by atoms with Gasteiger partial charge in [-0.2, -0.15) is 0 Å². The second-order valence-electron chi connectivity index (χ2n) is 11.0. The van der Waals surface area contributed by atoms with Gasteiger partial charge in [-0.25, -0.2) is 0 Å². The van der Waals surface area contributed by atoms with Gasteiger partial charge in [0.15, 0.2) is 0 Å². The van der Waals surface area contributed by atoms with Gasteiger partial charge < -0.3 is 14.7 Å². The molecule has 2 aliphatic rings. The zero-order valence-electron chi connectivity index (χ0n) is 22.4. The third kappa shape index (κ3) is 4.33. The minimum Gasteiger partial charge on any atom is -0.496 e. The molecular formula is C35H35NO3. The van der Waals surface area contributed by atoms with Crippen molar-refractivity contribution < 1.29 is 14.6 Å². The van der Waals surface area contributed by atoms with E-state index in [1.54, 1.807) is 7.11 Å². The quantitative estimate of drug-likeness (QED) is 0.342. The summed E-state index contributed by atoms with van der Waals surface area (Å²) in [6.07, 6.45) is 1.69. The molecule has 1 aliphatic carbocycles. The molecule has 1 aliphatic heterocycles. The van der Waals surface area contributed by atoms with Gasteiger partial charge in [-0.05, 0) is 41.5 Å². The molecule has 1 saturated carbocycles. The summed E-state index contributed by atoms with van der Waals surface area (Å²) in [6.45, 7) is 1.10. The standard InChI is InChI=1S/C35H35NO3/c1-39-32-20-12-11-19-29(32)35(38)22-21-34(27-15-7-3-8-16-27,28-17-9-4-10-18-28)30-24-36(25-31(30)35)33(37)23-26-13-5-2-6-14-26/h2-20,30-31,38H,21-25H2,1H3/t30-,31+,35+/m0/s1. The highest BCUT2D eigenvalue weighted by Crippen LogP contribution is 2.60. The van der Waals surface area contributed by atoms with Crippen molar-refractivity contribution in [3.8, 4) is 5.75 Å². The monoisotopic (exact) mass is 517 g/mol. The van der Waals surface area contributed by atoms with Crippen molar-refractivity contribution in [2.45, 2.75) is 30.3 Å². The van der Waals surface area contributed by atoms with Crippen LogP contribution in [0.2, 0.25) is 0 Å². The number of para-hydroxylation sites is 1. The first kappa shape index (κ1) is 25.4. The fourth-order valence-corrected chi connectivity index (χ4v) is 7.32. The number of hydrogen-bond donors (Lipinski definition) is 1. The lowest BCUT2D eigenvalue weighted by molar-refractivity contribution is -0.130. The van der Waals surface area contributed by atoms with Gasteiger partial charge in [0.2, 0.25) is 5.91 Å². The zero-order chi connectivity index (χ0) is 26.9. The highest BCUT2D eigenvalue weighted by Gasteiger charge is 2.61. The molecule has 4 heteroatoms. The Morgan fingerprint density at radius 1 is 0.769 bits per heavy atom. The summed E-state index contributed by atoms with van der Waals surface area (Å²) in [5, 5.41) is 12.6. The second kappa shape index (κ2) is 10.3. The summed E-state index contributed by atoms with van der Waals surface area (Å²) >= 11 is 0. The van der Waals surface area contributed by atoms with E-state index in [-0.39, 0.29) is 23.2 Å². The lowest BCUT2D eigenvalue weighted by Crippen LogP contribution is -2.53. The van der Waals surface area contributed by atoms with Crippen molar-refractivity contribution in [3.63, 3.8) is 0 Å². The number of benzene rings is 4. The molecule has 1 heterocycles. The van der Waals surface area contributed by atoms with Crippen molar-refractivity contribution in [2.75, 3.05) is 20.2 Å². The van der Waals surface area contributed by atoms with Crippen LogP contribution in [0, 0.1) is 11.8 Å². The number of fused-ring (bicyclic) bond motifs is 1. The van der Waals surface area contributed by atoms with Crippen LogP contribution in [-0.2, 0) is 22.2 Å². The van der Waals surface area contributed by atoms with Crippen molar-refractivity contribution in [2.24, 2.45) is 11.8 Å². The van der Waals surface area contributed by atoms with Crippen LogP contribution in [0.25, 0.3) is 0 Å². The molecule has 4 nitrogen and oxygen atoms in total. The van der Waals surface area contributed by atoms with Crippen molar-refractivity contribution in [1.82, 2.24) is 4.90 Å². The minimum absolute atomic E-state index is 0.0192. The van der Waals surface area contributed by atoms with E-state index in [4.69, 9.17) is 4.74 Å². The van der Waals surface area contributed by atoms with Crippen LogP contribution < -0.4 is 4.74 Å². The zero-order valence-corrected chi connectivity index (χ0v) is 22.4. The molecule has 6 rings (SSSR count). The number of ether oxygens (including phenoxy) is 1. The fraction of sp³-hybridized carbons (Fsp3) is 0.286. The molecule has 4 aromatic carbocycles. The Hall–Kier alpha value is -3.89. The molecule has 0 spiro atoms. The maximum atomic E-state index is 13.7. The molecule has 1 saturated heterocycles. The Kier molecular flexibility index (Phi) is 6.74. The van der Waals surface area contributed by atoms with E-state index in [1.165, 1.54) is 11.1 Å². The van der Waals surface area contributed by atoms with E-state index in [2.05, 4.69) is 60.7 Å². The number of likely N-dealkylation sites (tertiary alicyclic amines) is 1. The lowest BCUT2D eigenvalue weighted by Gasteiger charge is -2.53. The Morgan fingerprint density at radius 2 is 1.31 bits per heavy atom. The maximum absolute atomic E-state index is 13.7. The van der Waals surface area contributed by atoms with Gasteiger partial charge in [0.25, 0.3) is 0 Å². The molecule has 3 atom stereocenters. The Bertz CT molecular complexity index is 1380. The number of nitrogens with zero attached hydrogens (tertiary/aromatic N) is 1. The van der Waals surface area contributed by atoms with Gasteiger partial charge in [0.05, 0.1) is 19.1 Å². The molecule has 198 valence electrons. The first-order valence-corrected chi connectivity index (χ1v) is 13.8. The SMILES string of the molecule is COc1ccccc1[C@]1(O)CCC(c2ccccc2)(c2ccccc2)[C@H]2CN(C(=O)Cc3ccccc3)C[C@H]21. The summed E-state index contributed by atoms with van der Waals surface area (Å²) in [7, 11) is 1.66. The maximum Gasteiger partial charge on any atom is 0.227 e. The number of carbonyl (C=O) groups is 1. The topological polar surface area (TPSA) is 49.8 Å². The van der Waals surface area contributed by atoms with Gasteiger partial charge in [0.1, 0.15) is 5.75 Å². The molecule has 1 N–H and O–H groups in total. The molecule has 0 bridgehead atoms. The normalized spacial score (nSPS) is 23.7. The average Bonchev–Trinajstić information content (AvgIpc) is 3.47. The Labute approximate surface area is 230 Å². The fourth-order valence-electron chi connectivity index (χ4n) is 7.32. The van der Waals surface area contributed by atoms with Crippen LogP contribution >= 0.6 is 0 Å². The molecule has 0 radical (unpaired) electrons. The van der Waals surface area contributed by atoms with E-state index in [1.807, 2.05) is 59.5 Å². The van der Waals surface area contributed by atoms with Gasteiger partial charge in [-0.15, -0.1) is 0 Å². The highest BCUT2D eigenvalue weighted by atomic mass is 16.5. The predicted octanol–water partition coefficient (Wildman–Crippen LogP) is 5.98. The van der Waals surface area contributed by atoms with E-state index < -0.39 is 5.60 Å². The van der Waals surface area contributed by atoms with Crippen LogP contribution in [0.5, 0.6) is 5.75 Å². The molecule has 4 aromatic rings. The molecular weight excluding hydrogens is 482 g/mol. The van der Waals surface area contributed by atoms with E-state index >= 15 is 0 Å². The number of carbonyl (C=O) groups excluding carboxylic acids is 1. The summed E-state index contributed by atoms with van der Waals surface area (Å²) in [5.74, 6) is 0.654. The van der Waals surface area contributed by atoms with Gasteiger partial charge in [0, 0.05) is 30.0 Å². The number of rotatable bonds is 6. The van der Waals surface area contributed by atoms with Crippen molar-refractivity contribution in [1.29, 1.82) is 0 Å². The predicted molar refractivity (Wildman–Crippen MR) is 153 cm³/mol. The van der Waals surface area contributed by atoms with Crippen LogP contribution in [0.1, 0.15) is 35.1 Å². The average molecular weight is 518 g/mol. The molecule has 0 unspecified atom stereocenters.